The van der Waals surface area contributed by atoms with Gasteiger partial charge in [0, 0.05) is 17.9 Å². The smallest absolute Gasteiger partial charge is 0.234 e. The molecule has 2 atom stereocenters. The van der Waals surface area contributed by atoms with Crippen LogP contribution in [0.15, 0.2) is 23.1 Å². The lowest BCUT2D eigenvalue weighted by molar-refractivity contribution is -0.121. The summed E-state index contributed by atoms with van der Waals surface area (Å²) in [6.45, 7) is 5.04. The predicted molar refractivity (Wildman–Crippen MR) is 89.4 cm³/mol. The zero-order chi connectivity index (χ0) is 16.0. The quantitative estimate of drug-likeness (QED) is 0.940. The van der Waals surface area contributed by atoms with E-state index in [1.54, 1.807) is 11.8 Å². The summed E-state index contributed by atoms with van der Waals surface area (Å²) in [5.41, 5.74) is 2.52. The highest BCUT2D eigenvalue weighted by Gasteiger charge is 2.30. The van der Waals surface area contributed by atoms with Crippen molar-refractivity contribution in [2.75, 3.05) is 0 Å². The molecule has 0 bridgehead atoms. The summed E-state index contributed by atoms with van der Waals surface area (Å²) < 4.78 is 2.14. The molecule has 6 heteroatoms. The summed E-state index contributed by atoms with van der Waals surface area (Å²) in [4.78, 5) is 13.9. The van der Waals surface area contributed by atoms with Crippen LogP contribution < -0.4 is 5.32 Å². The molecule has 4 rings (SSSR count). The number of benzene rings is 1. The van der Waals surface area contributed by atoms with Crippen LogP contribution in [0.4, 0.5) is 0 Å². The minimum atomic E-state index is -0.104. The van der Waals surface area contributed by atoms with Gasteiger partial charge >= 0.3 is 0 Å². The first kappa shape index (κ1) is 14.8. The zero-order valence-corrected chi connectivity index (χ0v) is 14.2. The molecule has 2 aromatic rings. The molecule has 120 valence electrons. The molecule has 2 aliphatic rings. The van der Waals surface area contributed by atoms with Gasteiger partial charge in [-0.15, -0.1) is 22.0 Å². The van der Waals surface area contributed by atoms with Crippen molar-refractivity contribution < 1.29 is 4.79 Å². The van der Waals surface area contributed by atoms with Gasteiger partial charge in [-0.1, -0.05) is 17.7 Å². The van der Waals surface area contributed by atoms with Crippen LogP contribution in [-0.2, 0) is 24.2 Å². The van der Waals surface area contributed by atoms with E-state index in [2.05, 4.69) is 45.2 Å². The van der Waals surface area contributed by atoms with Gasteiger partial charge in [0.2, 0.25) is 5.91 Å². The molecule has 1 N–H and O–H groups in total. The van der Waals surface area contributed by atoms with Crippen molar-refractivity contribution in [3.63, 3.8) is 0 Å². The van der Waals surface area contributed by atoms with Crippen LogP contribution in [0, 0.1) is 6.92 Å². The SMILES string of the molecule is Cc1ccc2c(c1)S[C@H](C(=O)N[C@@H](C)c1nnc3n1CCC3)C2. The summed E-state index contributed by atoms with van der Waals surface area (Å²) in [6, 6.07) is 6.32. The highest BCUT2D eigenvalue weighted by atomic mass is 32.2. The lowest BCUT2D eigenvalue weighted by Gasteiger charge is -2.16. The number of rotatable bonds is 3. The zero-order valence-electron chi connectivity index (χ0n) is 13.4. The molecule has 23 heavy (non-hydrogen) atoms. The van der Waals surface area contributed by atoms with E-state index in [0.717, 1.165) is 37.5 Å². The third-order valence-corrected chi connectivity index (χ3v) is 5.87. The van der Waals surface area contributed by atoms with E-state index in [-0.39, 0.29) is 17.2 Å². The van der Waals surface area contributed by atoms with Gasteiger partial charge in [0.25, 0.3) is 0 Å². The number of thioether (sulfide) groups is 1. The van der Waals surface area contributed by atoms with Gasteiger partial charge in [0.1, 0.15) is 5.82 Å². The largest absolute Gasteiger partial charge is 0.345 e. The van der Waals surface area contributed by atoms with Gasteiger partial charge in [-0.3, -0.25) is 4.79 Å². The summed E-state index contributed by atoms with van der Waals surface area (Å²) >= 11 is 1.67. The van der Waals surface area contributed by atoms with E-state index in [4.69, 9.17) is 0 Å². The molecular formula is C17H20N4OS. The number of fused-ring (bicyclic) bond motifs is 2. The summed E-state index contributed by atoms with van der Waals surface area (Å²) in [5.74, 6) is 2.01. The van der Waals surface area contributed by atoms with Crippen LogP contribution in [0.2, 0.25) is 0 Å². The monoisotopic (exact) mass is 328 g/mol. The summed E-state index contributed by atoms with van der Waals surface area (Å²) in [6.07, 6.45) is 2.91. The van der Waals surface area contributed by atoms with E-state index >= 15 is 0 Å². The van der Waals surface area contributed by atoms with E-state index in [1.807, 2.05) is 6.92 Å². The fourth-order valence-corrected chi connectivity index (χ4v) is 4.65. The first-order valence-corrected chi connectivity index (χ1v) is 8.98. The normalized spacial score (nSPS) is 20.2. The number of carbonyl (C=O) groups excluding carboxylic acids is 1. The van der Waals surface area contributed by atoms with Gasteiger partial charge in [0.15, 0.2) is 5.82 Å². The van der Waals surface area contributed by atoms with E-state index < -0.39 is 0 Å². The first-order valence-electron chi connectivity index (χ1n) is 8.10. The van der Waals surface area contributed by atoms with Crippen molar-refractivity contribution in [1.82, 2.24) is 20.1 Å². The Hall–Kier alpha value is -1.82. The molecule has 0 spiro atoms. The third kappa shape index (κ3) is 2.65. The molecule has 1 aromatic heterocycles. The maximum atomic E-state index is 12.6. The summed E-state index contributed by atoms with van der Waals surface area (Å²) in [7, 11) is 0. The van der Waals surface area contributed by atoms with Gasteiger partial charge in [-0.05, 0) is 38.3 Å². The number of nitrogens with zero attached hydrogens (tertiary/aromatic N) is 3. The van der Waals surface area contributed by atoms with Crippen molar-refractivity contribution in [3.05, 3.63) is 41.0 Å². The highest BCUT2D eigenvalue weighted by molar-refractivity contribution is 8.01. The minimum absolute atomic E-state index is 0.0461. The van der Waals surface area contributed by atoms with Crippen LogP contribution in [0.3, 0.4) is 0 Å². The second-order valence-electron chi connectivity index (χ2n) is 6.38. The van der Waals surface area contributed by atoms with Gasteiger partial charge in [-0.2, -0.15) is 0 Å². The second kappa shape index (κ2) is 5.67. The van der Waals surface area contributed by atoms with Crippen LogP contribution in [0.25, 0.3) is 0 Å². The maximum absolute atomic E-state index is 12.6. The van der Waals surface area contributed by atoms with E-state index in [9.17, 15) is 4.79 Å². The van der Waals surface area contributed by atoms with Gasteiger partial charge in [-0.25, -0.2) is 0 Å². The third-order valence-electron chi connectivity index (χ3n) is 4.57. The number of aromatic nitrogens is 3. The summed E-state index contributed by atoms with van der Waals surface area (Å²) in [5, 5.41) is 11.6. The molecule has 0 radical (unpaired) electrons. The van der Waals surface area contributed by atoms with Crippen LogP contribution in [0.1, 0.15) is 42.2 Å². The molecule has 5 nitrogen and oxygen atoms in total. The standard InChI is InChI=1S/C17H20N4OS/c1-10-5-6-12-9-14(23-13(12)8-10)17(22)18-11(2)16-20-19-15-4-3-7-21(15)16/h5-6,8,11,14H,3-4,7,9H2,1-2H3,(H,18,22)/t11-,14-/m0/s1. The van der Waals surface area contributed by atoms with Crippen molar-refractivity contribution in [1.29, 1.82) is 0 Å². The number of amides is 1. The maximum Gasteiger partial charge on any atom is 0.234 e. The molecule has 2 aliphatic heterocycles. The number of aryl methyl sites for hydroxylation is 2. The first-order chi connectivity index (χ1) is 11.1. The number of hydrogen-bond acceptors (Lipinski definition) is 4. The van der Waals surface area contributed by atoms with Crippen LogP contribution in [0.5, 0.6) is 0 Å². The van der Waals surface area contributed by atoms with E-state index in [0.29, 0.717) is 0 Å². The fourth-order valence-electron chi connectivity index (χ4n) is 3.35. The van der Waals surface area contributed by atoms with E-state index in [1.165, 1.54) is 16.0 Å². The minimum Gasteiger partial charge on any atom is -0.345 e. The van der Waals surface area contributed by atoms with Gasteiger partial charge in [0.05, 0.1) is 11.3 Å². The number of hydrogen-bond donors (Lipinski definition) is 1. The molecule has 0 saturated carbocycles. The molecule has 0 aliphatic carbocycles. The Morgan fingerprint density at radius 1 is 1.43 bits per heavy atom. The molecule has 1 aromatic carbocycles. The lowest BCUT2D eigenvalue weighted by Crippen LogP contribution is -2.35. The Kier molecular flexibility index (Phi) is 3.64. The molecular weight excluding hydrogens is 308 g/mol. The predicted octanol–water partition coefficient (Wildman–Crippen LogP) is 2.43. The van der Waals surface area contributed by atoms with Crippen molar-refractivity contribution >= 4 is 17.7 Å². The Bertz CT molecular complexity index is 770. The molecule has 3 heterocycles. The highest BCUT2D eigenvalue weighted by Crippen LogP contribution is 2.37. The second-order valence-corrected chi connectivity index (χ2v) is 7.63. The van der Waals surface area contributed by atoms with Crippen molar-refractivity contribution in [2.24, 2.45) is 0 Å². The lowest BCUT2D eigenvalue weighted by atomic mass is 10.1. The molecule has 1 amide bonds. The molecule has 0 fully saturated rings. The Labute approximate surface area is 139 Å². The van der Waals surface area contributed by atoms with Gasteiger partial charge < -0.3 is 9.88 Å². The molecule has 0 saturated heterocycles. The van der Waals surface area contributed by atoms with Crippen LogP contribution in [-0.4, -0.2) is 25.9 Å². The topological polar surface area (TPSA) is 59.8 Å². The molecule has 0 unspecified atom stereocenters. The Morgan fingerprint density at radius 3 is 3.17 bits per heavy atom. The number of nitrogens with one attached hydrogen (secondary N) is 1. The Morgan fingerprint density at radius 2 is 2.30 bits per heavy atom. The Balaban J connectivity index is 1.44. The fraction of sp³-hybridized carbons (Fsp3) is 0.471. The number of carbonyl (C=O) groups is 1. The average molecular weight is 328 g/mol. The van der Waals surface area contributed by atoms with Crippen molar-refractivity contribution in [3.8, 4) is 0 Å². The average Bonchev–Trinajstić information content (AvgIpc) is 3.20. The van der Waals surface area contributed by atoms with Crippen molar-refractivity contribution in [2.45, 2.75) is 55.8 Å². The van der Waals surface area contributed by atoms with Crippen LogP contribution >= 0.6 is 11.8 Å².